The van der Waals surface area contributed by atoms with Gasteiger partial charge in [-0.3, -0.25) is 9.59 Å². The highest BCUT2D eigenvalue weighted by atomic mass is 32.2. The topological polar surface area (TPSA) is 102 Å². The maximum absolute atomic E-state index is 13.5. The number of nitrogens with zero attached hydrogens (tertiary/aromatic N) is 2. The van der Waals surface area contributed by atoms with E-state index in [2.05, 4.69) is 0 Å². The molecule has 2 aromatic carbocycles. The van der Waals surface area contributed by atoms with Crippen LogP contribution >= 0.6 is 0 Å². The van der Waals surface area contributed by atoms with Gasteiger partial charge in [-0.1, -0.05) is 6.07 Å². The van der Waals surface area contributed by atoms with Crippen LogP contribution in [0.3, 0.4) is 0 Å². The van der Waals surface area contributed by atoms with Crippen LogP contribution in [0.5, 0.6) is 11.5 Å². The van der Waals surface area contributed by atoms with Crippen molar-refractivity contribution in [2.45, 2.75) is 23.8 Å². The highest BCUT2D eigenvalue weighted by molar-refractivity contribution is 7.89. The Hall–Kier alpha value is -3.11. The molecule has 0 aliphatic carbocycles. The first kappa shape index (κ1) is 24.5. The minimum absolute atomic E-state index is 0.0201. The predicted octanol–water partition coefficient (Wildman–Crippen LogP) is 2.26. The Morgan fingerprint density at radius 3 is 2.33 bits per heavy atom. The van der Waals surface area contributed by atoms with Crippen molar-refractivity contribution >= 4 is 21.9 Å². The van der Waals surface area contributed by atoms with Gasteiger partial charge in [0.1, 0.15) is 0 Å². The van der Waals surface area contributed by atoms with E-state index in [0.29, 0.717) is 24.5 Å². The summed E-state index contributed by atoms with van der Waals surface area (Å²) in [7, 11) is 3.51. The summed E-state index contributed by atoms with van der Waals surface area (Å²) >= 11 is 0. The SMILES string of the molecule is COC(=O)CC1c2cc(OC)c(OC)cc2CCN1C(=O)c1cccc(S(=O)(=O)N(C)C)c1. The van der Waals surface area contributed by atoms with Crippen molar-refractivity contribution < 1.29 is 32.2 Å². The van der Waals surface area contributed by atoms with E-state index in [1.165, 1.54) is 46.5 Å². The van der Waals surface area contributed by atoms with Crippen LogP contribution in [0, 0.1) is 0 Å². The van der Waals surface area contributed by atoms with Crippen molar-refractivity contribution in [2.75, 3.05) is 42.0 Å². The molecule has 1 amide bonds. The average Bonchev–Trinajstić information content (AvgIpc) is 2.82. The number of sulfonamides is 1. The highest BCUT2D eigenvalue weighted by Gasteiger charge is 2.35. The molecule has 1 unspecified atom stereocenters. The van der Waals surface area contributed by atoms with E-state index < -0.39 is 22.0 Å². The van der Waals surface area contributed by atoms with Crippen molar-refractivity contribution in [3.8, 4) is 11.5 Å². The van der Waals surface area contributed by atoms with E-state index in [1.54, 1.807) is 24.1 Å². The Kier molecular flexibility index (Phi) is 7.28. The van der Waals surface area contributed by atoms with E-state index in [9.17, 15) is 18.0 Å². The molecule has 0 spiro atoms. The van der Waals surface area contributed by atoms with Crippen LogP contribution in [0.15, 0.2) is 41.3 Å². The molecule has 9 nitrogen and oxygen atoms in total. The fourth-order valence-corrected chi connectivity index (χ4v) is 4.85. The van der Waals surface area contributed by atoms with Gasteiger partial charge in [0, 0.05) is 26.2 Å². The Morgan fingerprint density at radius 1 is 1.06 bits per heavy atom. The van der Waals surface area contributed by atoms with Crippen LogP contribution in [0.2, 0.25) is 0 Å². The molecule has 33 heavy (non-hydrogen) atoms. The largest absolute Gasteiger partial charge is 0.493 e. The molecule has 1 aliphatic heterocycles. The molecule has 1 atom stereocenters. The number of fused-ring (bicyclic) bond motifs is 1. The number of rotatable bonds is 7. The second kappa shape index (κ2) is 9.80. The number of hydrogen-bond acceptors (Lipinski definition) is 7. The molecule has 178 valence electrons. The van der Waals surface area contributed by atoms with Gasteiger partial charge in [-0.05, 0) is 47.9 Å². The van der Waals surface area contributed by atoms with Gasteiger partial charge in [-0.2, -0.15) is 0 Å². The van der Waals surface area contributed by atoms with Gasteiger partial charge in [-0.25, -0.2) is 12.7 Å². The molecule has 1 aliphatic rings. The van der Waals surface area contributed by atoms with Crippen LogP contribution in [-0.4, -0.2) is 71.5 Å². The molecule has 3 rings (SSSR count). The second-order valence-corrected chi connectivity index (χ2v) is 9.92. The first-order chi connectivity index (χ1) is 15.6. The molecular formula is C23H28N2O7S. The Balaban J connectivity index is 2.05. The summed E-state index contributed by atoms with van der Waals surface area (Å²) < 4.78 is 41.9. The monoisotopic (exact) mass is 476 g/mol. The fourth-order valence-electron chi connectivity index (χ4n) is 3.90. The van der Waals surface area contributed by atoms with Crippen LogP contribution < -0.4 is 9.47 Å². The van der Waals surface area contributed by atoms with Gasteiger partial charge in [0.25, 0.3) is 5.91 Å². The van der Waals surface area contributed by atoms with E-state index in [0.717, 1.165) is 15.4 Å². The smallest absolute Gasteiger partial charge is 0.307 e. The number of carbonyl (C=O) groups is 2. The normalized spacial score (nSPS) is 15.7. The van der Waals surface area contributed by atoms with Gasteiger partial charge in [0.2, 0.25) is 10.0 Å². The second-order valence-electron chi connectivity index (χ2n) is 7.77. The fraction of sp³-hybridized carbons (Fsp3) is 0.391. The molecule has 0 saturated carbocycles. The molecule has 0 aromatic heterocycles. The number of benzene rings is 2. The van der Waals surface area contributed by atoms with E-state index in [4.69, 9.17) is 14.2 Å². The average molecular weight is 477 g/mol. The third-order valence-corrected chi connectivity index (χ3v) is 7.52. The molecule has 0 saturated heterocycles. The summed E-state index contributed by atoms with van der Waals surface area (Å²) in [4.78, 5) is 27.4. The molecule has 0 N–H and O–H groups in total. The van der Waals surface area contributed by atoms with Crippen LogP contribution in [0.4, 0.5) is 0 Å². The van der Waals surface area contributed by atoms with Crippen molar-refractivity contribution in [1.82, 2.24) is 9.21 Å². The third kappa shape index (κ3) is 4.81. The minimum Gasteiger partial charge on any atom is -0.493 e. The summed E-state index contributed by atoms with van der Waals surface area (Å²) in [6.45, 7) is 0.341. The summed E-state index contributed by atoms with van der Waals surface area (Å²) in [6, 6.07) is 8.92. The van der Waals surface area contributed by atoms with Crippen molar-refractivity contribution in [1.29, 1.82) is 0 Å². The van der Waals surface area contributed by atoms with Crippen LogP contribution in [0.25, 0.3) is 0 Å². The lowest BCUT2D eigenvalue weighted by molar-refractivity contribution is -0.141. The van der Waals surface area contributed by atoms with Crippen molar-refractivity contribution in [3.63, 3.8) is 0 Å². The molecule has 0 radical (unpaired) electrons. The van der Waals surface area contributed by atoms with E-state index >= 15 is 0 Å². The third-order valence-electron chi connectivity index (χ3n) is 5.71. The minimum atomic E-state index is -3.71. The number of methoxy groups -OCH3 is 3. The maximum atomic E-state index is 13.5. The van der Waals surface area contributed by atoms with Crippen molar-refractivity contribution in [2.24, 2.45) is 0 Å². The van der Waals surface area contributed by atoms with Gasteiger partial charge >= 0.3 is 5.97 Å². The quantitative estimate of drug-likeness (QED) is 0.565. The van der Waals surface area contributed by atoms with E-state index in [-0.39, 0.29) is 22.8 Å². The van der Waals surface area contributed by atoms with Gasteiger partial charge < -0.3 is 19.1 Å². The zero-order valence-electron chi connectivity index (χ0n) is 19.3. The zero-order valence-corrected chi connectivity index (χ0v) is 20.1. The van der Waals surface area contributed by atoms with E-state index in [1.807, 2.05) is 6.07 Å². The summed E-state index contributed by atoms with van der Waals surface area (Å²) in [5, 5.41) is 0. The number of ether oxygens (including phenoxy) is 3. The number of amides is 1. The first-order valence-corrected chi connectivity index (χ1v) is 11.7. The molecule has 10 heteroatoms. The number of carbonyl (C=O) groups excluding carboxylic acids is 2. The van der Waals surface area contributed by atoms with Gasteiger partial charge in [0.05, 0.1) is 38.7 Å². The Morgan fingerprint density at radius 2 is 1.73 bits per heavy atom. The number of esters is 1. The van der Waals surface area contributed by atoms with Crippen LogP contribution in [0.1, 0.15) is 33.9 Å². The molecular weight excluding hydrogens is 448 g/mol. The molecule has 2 aromatic rings. The summed E-state index contributed by atoms with van der Waals surface area (Å²) in [5.41, 5.74) is 1.92. The van der Waals surface area contributed by atoms with Crippen LogP contribution in [-0.2, 0) is 26.0 Å². The molecule has 1 heterocycles. The Labute approximate surface area is 193 Å². The van der Waals surface area contributed by atoms with Crippen molar-refractivity contribution in [3.05, 3.63) is 53.1 Å². The lowest BCUT2D eigenvalue weighted by atomic mass is 9.89. The highest BCUT2D eigenvalue weighted by Crippen LogP contribution is 2.40. The maximum Gasteiger partial charge on any atom is 0.307 e. The first-order valence-electron chi connectivity index (χ1n) is 10.3. The lowest BCUT2D eigenvalue weighted by Crippen LogP contribution is -2.41. The lowest BCUT2D eigenvalue weighted by Gasteiger charge is -2.37. The van der Waals surface area contributed by atoms with Gasteiger partial charge in [-0.15, -0.1) is 0 Å². The molecule has 0 fully saturated rings. The van der Waals surface area contributed by atoms with Gasteiger partial charge in [0.15, 0.2) is 11.5 Å². The summed E-state index contributed by atoms with van der Waals surface area (Å²) in [5.74, 6) is 0.207. The molecule has 0 bridgehead atoms. The predicted molar refractivity (Wildman–Crippen MR) is 121 cm³/mol. The zero-order chi connectivity index (χ0) is 24.3. The Bertz CT molecular complexity index is 1160. The summed E-state index contributed by atoms with van der Waals surface area (Å²) in [6.07, 6.45) is 0.481. The standard InChI is InChI=1S/C23H28N2O7S/c1-24(2)33(28,29)17-8-6-7-16(11-17)23(27)25-10-9-15-12-20(30-3)21(31-4)13-18(15)19(25)14-22(26)32-5/h6-8,11-13,19H,9-10,14H2,1-5H3. The number of hydrogen-bond donors (Lipinski definition) is 0.